The van der Waals surface area contributed by atoms with E-state index >= 15 is 0 Å². The first-order valence-corrected chi connectivity index (χ1v) is 11.0. The summed E-state index contributed by atoms with van der Waals surface area (Å²) in [5.41, 5.74) is 5.42. The van der Waals surface area contributed by atoms with Crippen LogP contribution in [-0.2, 0) is 15.0 Å². The summed E-state index contributed by atoms with van der Waals surface area (Å²) in [5.74, 6) is 0.0354. The zero-order chi connectivity index (χ0) is 22.6. The molecule has 0 saturated heterocycles. The molecule has 1 atom stereocenters. The van der Waals surface area contributed by atoms with Crippen LogP contribution in [0.15, 0.2) is 59.8 Å². The van der Waals surface area contributed by atoms with Crippen molar-refractivity contribution in [3.05, 3.63) is 70.9 Å². The number of allylic oxidation sites excluding steroid dienone is 1. The first-order chi connectivity index (χ1) is 14.5. The number of nitrogens with one attached hydrogen (secondary N) is 1. The summed E-state index contributed by atoms with van der Waals surface area (Å²) >= 11 is 0. The van der Waals surface area contributed by atoms with E-state index in [0.717, 1.165) is 29.1 Å². The zero-order valence-corrected chi connectivity index (χ0v) is 19.4. The maximum Gasteiger partial charge on any atom is 0.224 e. The standard InChI is InChI=1S/C27H32N2O2/c1-17(30)29-22-10-8-7-9-20(22)28-21-15-27(5,6)16-23(31)24(21)25(29)18-11-13-19(14-12-18)26(2,3)4/h7-14,25,28H,15-16H2,1-6H3/t25-/m0/s1. The maximum absolute atomic E-state index is 13.5. The van der Waals surface area contributed by atoms with Crippen LogP contribution in [0.1, 0.15) is 71.6 Å². The van der Waals surface area contributed by atoms with Gasteiger partial charge in [0.15, 0.2) is 5.78 Å². The molecule has 0 radical (unpaired) electrons. The van der Waals surface area contributed by atoms with Gasteiger partial charge in [0.1, 0.15) is 0 Å². The van der Waals surface area contributed by atoms with Gasteiger partial charge in [-0.15, -0.1) is 0 Å². The first-order valence-electron chi connectivity index (χ1n) is 11.0. The average Bonchev–Trinajstić information content (AvgIpc) is 2.80. The highest BCUT2D eigenvalue weighted by atomic mass is 16.2. The van der Waals surface area contributed by atoms with Crippen molar-refractivity contribution in [3.63, 3.8) is 0 Å². The van der Waals surface area contributed by atoms with Crippen molar-refractivity contribution in [3.8, 4) is 0 Å². The summed E-state index contributed by atoms with van der Waals surface area (Å²) in [6, 6.07) is 15.8. The Kier molecular flexibility index (Phi) is 5.07. The van der Waals surface area contributed by atoms with Gasteiger partial charge in [0.05, 0.1) is 17.4 Å². The molecule has 1 aliphatic carbocycles. The quantitative estimate of drug-likeness (QED) is 0.607. The van der Waals surface area contributed by atoms with Gasteiger partial charge < -0.3 is 5.32 Å². The summed E-state index contributed by atoms with van der Waals surface area (Å²) in [6.45, 7) is 12.4. The Morgan fingerprint density at radius 2 is 1.68 bits per heavy atom. The molecule has 1 aliphatic heterocycles. The molecule has 0 spiro atoms. The van der Waals surface area contributed by atoms with E-state index < -0.39 is 6.04 Å². The highest BCUT2D eigenvalue weighted by Gasteiger charge is 2.42. The van der Waals surface area contributed by atoms with Crippen molar-refractivity contribution in [2.45, 2.75) is 65.8 Å². The number of Topliss-reactive ketones (excluding diaryl/α,β-unsaturated/α-hetero) is 1. The fraction of sp³-hybridized carbons (Fsp3) is 0.407. The Morgan fingerprint density at radius 1 is 1.03 bits per heavy atom. The number of benzene rings is 2. The molecule has 0 fully saturated rings. The van der Waals surface area contributed by atoms with Gasteiger partial charge in [-0.05, 0) is 40.5 Å². The Bertz CT molecular complexity index is 1070. The molecule has 4 rings (SSSR count). The molecule has 31 heavy (non-hydrogen) atoms. The van der Waals surface area contributed by atoms with Crippen molar-refractivity contribution in [1.29, 1.82) is 0 Å². The second-order valence-electron chi connectivity index (χ2n) is 10.6. The Labute approximate surface area is 185 Å². The minimum absolute atomic E-state index is 0.0332. The summed E-state index contributed by atoms with van der Waals surface area (Å²) in [4.78, 5) is 28.3. The highest BCUT2D eigenvalue weighted by molar-refractivity contribution is 6.05. The topological polar surface area (TPSA) is 49.4 Å². The molecule has 0 saturated carbocycles. The largest absolute Gasteiger partial charge is 0.357 e. The van der Waals surface area contributed by atoms with Gasteiger partial charge in [-0.1, -0.05) is 71.0 Å². The fourth-order valence-electron chi connectivity index (χ4n) is 4.82. The number of carbonyl (C=O) groups is 2. The van der Waals surface area contributed by atoms with Crippen molar-refractivity contribution in [1.82, 2.24) is 0 Å². The van der Waals surface area contributed by atoms with Crippen LogP contribution in [0.2, 0.25) is 0 Å². The Hall–Kier alpha value is -2.88. The third-order valence-corrected chi connectivity index (χ3v) is 6.33. The van der Waals surface area contributed by atoms with Gasteiger partial charge in [-0.3, -0.25) is 14.5 Å². The smallest absolute Gasteiger partial charge is 0.224 e. The number of hydrogen-bond donors (Lipinski definition) is 1. The molecular formula is C27H32N2O2. The van der Waals surface area contributed by atoms with Crippen LogP contribution in [-0.4, -0.2) is 11.7 Å². The molecular weight excluding hydrogens is 384 g/mol. The number of amides is 1. The first kappa shape index (κ1) is 21.4. The number of ketones is 1. The van der Waals surface area contributed by atoms with Gasteiger partial charge in [0.2, 0.25) is 5.91 Å². The number of rotatable bonds is 1. The summed E-state index contributed by atoms with van der Waals surface area (Å²) in [6.07, 6.45) is 1.25. The summed E-state index contributed by atoms with van der Waals surface area (Å²) in [7, 11) is 0. The summed E-state index contributed by atoms with van der Waals surface area (Å²) in [5, 5.41) is 3.53. The van der Waals surface area contributed by atoms with Gasteiger partial charge in [0.25, 0.3) is 0 Å². The van der Waals surface area contributed by atoms with Gasteiger partial charge in [0, 0.05) is 24.6 Å². The van der Waals surface area contributed by atoms with E-state index in [1.54, 1.807) is 11.8 Å². The Morgan fingerprint density at radius 3 is 2.29 bits per heavy atom. The van der Waals surface area contributed by atoms with Crippen molar-refractivity contribution >= 4 is 23.1 Å². The molecule has 1 heterocycles. The van der Waals surface area contributed by atoms with E-state index in [2.05, 4.69) is 64.2 Å². The van der Waals surface area contributed by atoms with Crippen LogP contribution in [0.4, 0.5) is 11.4 Å². The van der Waals surface area contributed by atoms with E-state index in [1.807, 2.05) is 24.3 Å². The summed E-state index contributed by atoms with van der Waals surface area (Å²) < 4.78 is 0. The van der Waals surface area contributed by atoms with Crippen LogP contribution in [0.5, 0.6) is 0 Å². The molecule has 2 aromatic rings. The molecule has 0 unspecified atom stereocenters. The fourth-order valence-corrected chi connectivity index (χ4v) is 4.82. The molecule has 0 aromatic heterocycles. The molecule has 1 amide bonds. The van der Waals surface area contributed by atoms with Gasteiger partial charge in [-0.25, -0.2) is 0 Å². The van der Waals surface area contributed by atoms with Crippen molar-refractivity contribution in [2.75, 3.05) is 10.2 Å². The van der Waals surface area contributed by atoms with Crippen molar-refractivity contribution < 1.29 is 9.59 Å². The Balaban J connectivity index is 1.96. The van der Waals surface area contributed by atoms with E-state index in [9.17, 15) is 9.59 Å². The maximum atomic E-state index is 13.5. The van der Waals surface area contributed by atoms with Crippen LogP contribution in [0, 0.1) is 5.41 Å². The highest BCUT2D eigenvalue weighted by Crippen LogP contribution is 2.48. The van der Waals surface area contributed by atoms with Crippen LogP contribution < -0.4 is 10.2 Å². The van der Waals surface area contributed by atoms with Crippen LogP contribution in [0.3, 0.4) is 0 Å². The molecule has 2 aliphatic rings. The molecule has 4 heteroatoms. The van der Waals surface area contributed by atoms with E-state index in [1.165, 1.54) is 5.56 Å². The number of nitrogens with zero attached hydrogens (tertiary/aromatic N) is 1. The number of hydrogen-bond acceptors (Lipinski definition) is 3. The molecule has 162 valence electrons. The predicted molar refractivity (Wildman–Crippen MR) is 126 cm³/mol. The lowest BCUT2D eigenvalue weighted by Gasteiger charge is -2.37. The zero-order valence-electron chi connectivity index (χ0n) is 19.4. The van der Waals surface area contributed by atoms with Gasteiger partial charge >= 0.3 is 0 Å². The SMILES string of the molecule is CC(=O)N1c2ccccc2NC2=C(C(=O)CC(C)(C)C2)[C@@H]1c1ccc(C(C)(C)C)cc1. The third kappa shape index (κ3) is 3.91. The monoisotopic (exact) mass is 416 g/mol. The predicted octanol–water partition coefficient (Wildman–Crippen LogP) is 6.15. The minimum Gasteiger partial charge on any atom is -0.357 e. The van der Waals surface area contributed by atoms with Crippen molar-refractivity contribution in [2.24, 2.45) is 5.41 Å². The normalized spacial score (nSPS) is 20.5. The van der Waals surface area contributed by atoms with Crippen LogP contribution in [0.25, 0.3) is 0 Å². The lowest BCUT2D eigenvalue weighted by Crippen LogP contribution is -2.38. The third-order valence-electron chi connectivity index (χ3n) is 6.33. The lowest BCUT2D eigenvalue weighted by atomic mass is 9.73. The lowest BCUT2D eigenvalue weighted by molar-refractivity contribution is -0.118. The second kappa shape index (κ2) is 7.37. The molecule has 2 aromatic carbocycles. The van der Waals surface area contributed by atoms with E-state index in [0.29, 0.717) is 12.0 Å². The van der Waals surface area contributed by atoms with E-state index in [4.69, 9.17) is 0 Å². The number of anilines is 2. The molecule has 4 nitrogen and oxygen atoms in total. The number of para-hydroxylation sites is 2. The number of fused-ring (bicyclic) bond motifs is 1. The van der Waals surface area contributed by atoms with Gasteiger partial charge in [-0.2, -0.15) is 0 Å². The number of carbonyl (C=O) groups excluding carboxylic acids is 2. The molecule has 1 N–H and O–H groups in total. The van der Waals surface area contributed by atoms with E-state index in [-0.39, 0.29) is 22.5 Å². The minimum atomic E-state index is -0.443. The second-order valence-corrected chi connectivity index (χ2v) is 10.6. The molecule has 0 bridgehead atoms. The van der Waals surface area contributed by atoms with Crippen LogP contribution >= 0.6 is 0 Å². The average molecular weight is 417 g/mol.